The van der Waals surface area contributed by atoms with Crippen molar-refractivity contribution in [2.24, 2.45) is 0 Å². The molecule has 1 atom stereocenters. The number of nitrogens with zero attached hydrogens (tertiary/aromatic N) is 3. The number of aromatic amines is 1. The van der Waals surface area contributed by atoms with Gasteiger partial charge in [-0.05, 0) is 68.4 Å². The third kappa shape index (κ3) is 4.73. The fourth-order valence-electron chi connectivity index (χ4n) is 4.11. The second-order valence-electron chi connectivity index (χ2n) is 8.50. The molecule has 32 heavy (non-hydrogen) atoms. The molecule has 0 saturated carbocycles. The molecule has 1 aliphatic heterocycles. The van der Waals surface area contributed by atoms with Crippen LogP contribution in [0.15, 0.2) is 48.8 Å². The maximum Gasteiger partial charge on any atom is 0.246 e. The number of para-hydroxylation sites is 1. The number of carbonyl (C=O) groups excluding carboxylic acids is 2. The minimum atomic E-state index is -0.0648. The van der Waals surface area contributed by atoms with Gasteiger partial charge in [0.1, 0.15) is 5.82 Å². The molecule has 0 radical (unpaired) electrons. The summed E-state index contributed by atoms with van der Waals surface area (Å²) in [6, 6.07) is 10.1. The van der Waals surface area contributed by atoms with Crippen LogP contribution in [0.3, 0.4) is 0 Å². The molecule has 4 rings (SSSR count). The summed E-state index contributed by atoms with van der Waals surface area (Å²) in [5.41, 5.74) is 4.03. The van der Waals surface area contributed by atoms with Gasteiger partial charge in [0.05, 0.1) is 6.04 Å². The molecule has 2 amide bonds. The Balaban J connectivity index is 1.54. The molecule has 3 heterocycles. The molecule has 1 aliphatic rings. The molecule has 2 aromatic heterocycles. The second kappa shape index (κ2) is 9.36. The van der Waals surface area contributed by atoms with Gasteiger partial charge in [-0.1, -0.05) is 18.2 Å². The van der Waals surface area contributed by atoms with E-state index < -0.39 is 0 Å². The van der Waals surface area contributed by atoms with Crippen molar-refractivity contribution in [3.8, 4) is 0 Å². The number of aromatic nitrogens is 2. The van der Waals surface area contributed by atoms with Crippen molar-refractivity contribution in [1.29, 1.82) is 0 Å². The lowest BCUT2D eigenvalue weighted by Gasteiger charge is -2.28. The second-order valence-corrected chi connectivity index (χ2v) is 8.50. The Bertz CT molecular complexity index is 1160. The summed E-state index contributed by atoms with van der Waals surface area (Å²) in [5, 5.41) is 3.92. The smallest absolute Gasteiger partial charge is 0.246 e. The number of hydrogen-bond acceptors (Lipinski definition) is 4. The maximum atomic E-state index is 13.1. The number of fused-ring (bicyclic) bond motifs is 2. The maximum absolute atomic E-state index is 13.1. The van der Waals surface area contributed by atoms with Gasteiger partial charge in [0.15, 0.2) is 0 Å². The number of H-pyrrole nitrogens is 1. The summed E-state index contributed by atoms with van der Waals surface area (Å²) < 4.78 is 0. The van der Waals surface area contributed by atoms with Crippen LogP contribution in [0.5, 0.6) is 0 Å². The zero-order chi connectivity index (χ0) is 22.7. The van der Waals surface area contributed by atoms with E-state index in [0.29, 0.717) is 18.7 Å². The molecule has 0 fully saturated rings. The molecular weight excluding hydrogens is 402 g/mol. The molecule has 7 heteroatoms. The van der Waals surface area contributed by atoms with E-state index in [9.17, 15) is 9.59 Å². The summed E-state index contributed by atoms with van der Waals surface area (Å²) in [5.74, 6) is 0.543. The highest BCUT2D eigenvalue weighted by molar-refractivity contribution is 5.94. The Morgan fingerprint density at radius 1 is 1.22 bits per heavy atom. The predicted octanol–water partition coefficient (Wildman–Crippen LogP) is 3.61. The normalized spacial score (nSPS) is 14.6. The fraction of sp³-hybridized carbons (Fsp3) is 0.320. The number of hydrogen-bond donors (Lipinski definition) is 2. The van der Waals surface area contributed by atoms with Gasteiger partial charge < -0.3 is 20.1 Å². The number of benzene rings is 1. The fourth-order valence-corrected chi connectivity index (χ4v) is 4.11. The lowest BCUT2D eigenvalue weighted by atomic mass is 10.0. The van der Waals surface area contributed by atoms with Crippen molar-refractivity contribution in [2.45, 2.75) is 25.3 Å². The molecule has 0 aliphatic carbocycles. The molecule has 1 unspecified atom stereocenters. The molecule has 3 aromatic rings. The first-order valence-corrected chi connectivity index (χ1v) is 10.9. The zero-order valence-corrected chi connectivity index (χ0v) is 18.8. The van der Waals surface area contributed by atoms with Gasteiger partial charge in [0, 0.05) is 42.8 Å². The van der Waals surface area contributed by atoms with Crippen LogP contribution in [0.2, 0.25) is 0 Å². The summed E-state index contributed by atoms with van der Waals surface area (Å²) in [4.78, 5) is 36.2. The highest BCUT2D eigenvalue weighted by atomic mass is 16.2. The SMILES string of the molecule is CN(C)CCC(c1c[nH]c2ccccc12)N(C)C(=O)/C=C/c1cnc2c(c1)CCC(=O)N2. The van der Waals surface area contributed by atoms with Crippen molar-refractivity contribution in [3.63, 3.8) is 0 Å². The first-order valence-electron chi connectivity index (χ1n) is 10.9. The van der Waals surface area contributed by atoms with Crippen LogP contribution in [-0.2, 0) is 16.0 Å². The highest BCUT2D eigenvalue weighted by Crippen LogP contribution is 2.30. The average molecular weight is 432 g/mol. The van der Waals surface area contributed by atoms with E-state index in [2.05, 4.69) is 32.3 Å². The lowest BCUT2D eigenvalue weighted by molar-refractivity contribution is -0.127. The Kier molecular flexibility index (Phi) is 6.37. The van der Waals surface area contributed by atoms with Gasteiger partial charge in [0.25, 0.3) is 0 Å². The first-order chi connectivity index (χ1) is 15.4. The van der Waals surface area contributed by atoms with Crippen molar-refractivity contribution in [3.05, 3.63) is 65.5 Å². The van der Waals surface area contributed by atoms with Crippen molar-refractivity contribution in [1.82, 2.24) is 19.8 Å². The number of pyridine rings is 1. The molecule has 0 spiro atoms. The molecule has 2 N–H and O–H groups in total. The molecule has 166 valence electrons. The molecule has 0 saturated heterocycles. The Morgan fingerprint density at radius 2 is 2.03 bits per heavy atom. The van der Waals surface area contributed by atoms with E-state index in [1.807, 2.05) is 50.4 Å². The zero-order valence-electron chi connectivity index (χ0n) is 18.8. The summed E-state index contributed by atoms with van der Waals surface area (Å²) in [6.07, 6.45) is 9.03. The quantitative estimate of drug-likeness (QED) is 0.560. The minimum Gasteiger partial charge on any atom is -0.361 e. The average Bonchev–Trinajstić information content (AvgIpc) is 3.21. The summed E-state index contributed by atoms with van der Waals surface area (Å²) >= 11 is 0. The molecule has 7 nitrogen and oxygen atoms in total. The van der Waals surface area contributed by atoms with E-state index in [1.165, 1.54) is 0 Å². The van der Waals surface area contributed by atoms with Gasteiger partial charge in [-0.2, -0.15) is 0 Å². The number of rotatable bonds is 7. The molecular formula is C25H29N5O2. The Hall–Kier alpha value is -3.45. The topological polar surface area (TPSA) is 81.3 Å². The van der Waals surface area contributed by atoms with Crippen LogP contribution < -0.4 is 5.32 Å². The van der Waals surface area contributed by atoms with E-state index >= 15 is 0 Å². The number of likely N-dealkylation sites (N-methyl/N-ethyl adjacent to an activating group) is 1. The number of carbonyl (C=O) groups is 2. The third-order valence-electron chi connectivity index (χ3n) is 5.93. The van der Waals surface area contributed by atoms with Gasteiger partial charge in [0.2, 0.25) is 11.8 Å². The third-order valence-corrected chi connectivity index (χ3v) is 5.93. The Morgan fingerprint density at radius 3 is 2.84 bits per heavy atom. The standard InChI is InChI=1S/C25H29N5O2/c1-29(2)13-12-22(20-16-26-21-7-5-4-6-19(20)21)30(3)24(32)11-8-17-14-18-9-10-23(31)28-25(18)27-15-17/h4-8,11,14-16,22,26H,9-10,12-13H2,1-3H3,(H,27,28,31)/b11-8+. The minimum absolute atomic E-state index is 0.00820. The van der Waals surface area contributed by atoms with Crippen LogP contribution in [0.25, 0.3) is 17.0 Å². The molecule has 0 bridgehead atoms. The van der Waals surface area contributed by atoms with Crippen molar-refractivity contribution in [2.75, 3.05) is 33.0 Å². The monoisotopic (exact) mass is 431 g/mol. The van der Waals surface area contributed by atoms with Gasteiger partial charge >= 0.3 is 0 Å². The largest absolute Gasteiger partial charge is 0.361 e. The number of anilines is 1. The van der Waals surface area contributed by atoms with Crippen LogP contribution in [0.1, 0.15) is 35.6 Å². The van der Waals surface area contributed by atoms with Crippen molar-refractivity contribution < 1.29 is 9.59 Å². The van der Waals surface area contributed by atoms with Gasteiger partial charge in [-0.3, -0.25) is 9.59 Å². The van der Waals surface area contributed by atoms with Crippen LogP contribution in [-0.4, -0.2) is 59.3 Å². The summed E-state index contributed by atoms with van der Waals surface area (Å²) in [7, 11) is 5.94. The van der Waals surface area contributed by atoms with E-state index in [4.69, 9.17) is 0 Å². The van der Waals surface area contributed by atoms with E-state index in [0.717, 1.165) is 40.6 Å². The number of nitrogens with one attached hydrogen (secondary N) is 2. The lowest BCUT2D eigenvalue weighted by Crippen LogP contribution is -2.32. The van der Waals surface area contributed by atoms with Crippen LogP contribution >= 0.6 is 0 Å². The first kappa shape index (κ1) is 21.8. The van der Waals surface area contributed by atoms with Gasteiger partial charge in [-0.15, -0.1) is 0 Å². The highest BCUT2D eigenvalue weighted by Gasteiger charge is 2.23. The number of amides is 2. The van der Waals surface area contributed by atoms with Crippen LogP contribution in [0.4, 0.5) is 5.82 Å². The Labute approximate surface area is 188 Å². The summed E-state index contributed by atoms with van der Waals surface area (Å²) in [6.45, 7) is 0.867. The predicted molar refractivity (Wildman–Crippen MR) is 127 cm³/mol. The molecule has 1 aromatic carbocycles. The number of aryl methyl sites for hydroxylation is 1. The van der Waals surface area contributed by atoms with Gasteiger partial charge in [-0.25, -0.2) is 4.98 Å². The van der Waals surface area contributed by atoms with Crippen LogP contribution in [0, 0.1) is 0 Å². The van der Waals surface area contributed by atoms with Crippen molar-refractivity contribution >= 4 is 34.6 Å². The van der Waals surface area contributed by atoms with E-state index in [-0.39, 0.29) is 17.9 Å². The van der Waals surface area contributed by atoms with E-state index in [1.54, 1.807) is 18.3 Å².